The minimum absolute atomic E-state index is 0.139. The monoisotopic (exact) mass is 420 g/mol. The average molecular weight is 421 g/mol. The molecule has 2 rings (SSSR count). The summed E-state index contributed by atoms with van der Waals surface area (Å²) >= 11 is 5.87. The van der Waals surface area contributed by atoms with E-state index in [4.69, 9.17) is 16.3 Å². The van der Waals surface area contributed by atoms with Crippen molar-refractivity contribution in [3.05, 3.63) is 70.5 Å². The van der Waals surface area contributed by atoms with E-state index in [0.717, 1.165) is 5.56 Å². The summed E-state index contributed by atoms with van der Waals surface area (Å²) in [4.78, 5) is 36.5. The molecule has 0 unspecified atom stereocenters. The number of carbonyl (C=O) groups is 3. The van der Waals surface area contributed by atoms with Crippen LogP contribution < -0.4 is 10.6 Å². The quantitative estimate of drug-likeness (QED) is 0.642. The van der Waals surface area contributed by atoms with Gasteiger partial charge >= 0.3 is 5.97 Å². The van der Waals surface area contributed by atoms with Crippen LogP contribution in [0.25, 0.3) is 0 Å². The van der Waals surface area contributed by atoms with Crippen LogP contribution in [0.15, 0.2) is 48.5 Å². The van der Waals surface area contributed by atoms with Crippen molar-refractivity contribution in [1.82, 2.24) is 10.6 Å². The summed E-state index contributed by atoms with van der Waals surface area (Å²) in [7, 11) is 1.23. The molecular formula is C21H22ClFN2O4. The maximum atomic E-state index is 13.1. The summed E-state index contributed by atoms with van der Waals surface area (Å²) in [6.45, 7) is 1.29. The number of amides is 2. The van der Waals surface area contributed by atoms with Gasteiger partial charge in [-0.05, 0) is 35.4 Å². The number of carbonyl (C=O) groups excluding carboxylic acids is 3. The van der Waals surface area contributed by atoms with Crippen molar-refractivity contribution < 1.29 is 23.5 Å². The fourth-order valence-corrected chi connectivity index (χ4v) is 2.90. The highest BCUT2D eigenvalue weighted by atomic mass is 35.5. The van der Waals surface area contributed by atoms with Gasteiger partial charge in [-0.3, -0.25) is 9.59 Å². The van der Waals surface area contributed by atoms with Gasteiger partial charge in [0.2, 0.25) is 11.8 Å². The molecule has 0 heterocycles. The summed E-state index contributed by atoms with van der Waals surface area (Å²) in [5.41, 5.74) is 1.44. The van der Waals surface area contributed by atoms with Gasteiger partial charge < -0.3 is 15.4 Å². The summed E-state index contributed by atoms with van der Waals surface area (Å²) in [6, 6.07) is 10.6. The van der Waals surface area contributed by atoms with Crippen molar-refractivity contribution >= 4 is 29.4 Å². The standard InChI is InChI=1S/C21H22ClFN2O4/c1-13(26)24-18(11-15-5-9-17(23)10-6-15)20(27)25-19(21(28)29-2)12-14-3-7-16(22)8-4-14/h3-10,18-19H,11-12H2,1-2H3,(H,24,26)(H,25,27)/t18-,19+/m0/s1. The van der Waals surface area contributed by atoms with Crippen LogP contribution in [0.1, 0.15) is 18.1 Å². The Morgan fingerprint density at radius 3 is 1.97 bits per heavy atom. The molecule has 2 atom stereocenters. The van der Waals surface area contributed by atoms with Gasteiger partial charge in [-0.15, -0.1) is 0 Å². The van der Waals surface area contributed by atoms with Crippen molar-refractivity contribution in [2.75, 3.05) is 7.11 Å². The van der Waals surface area contributed by atoms with E-state index in [1.54, 1.807) is 24.3 Å². The molecule has 8 heteroatoms. The molecule has 2 amide bonds. The highest BCUT2D eigenvalue weighted by Crippen LogP contribution is 2.12. The van der Waals surface area contributed by atoms with Gasteiger partial charge in [-0.1, -0.05) is 35.9 Å². The van der Waals surface area contributed by atoms with E-state index < -0.39 is 35.7 Å². The predicted octanol–water partition coefficient (Wildman–Crippen LogP) is 2.43. The highest BCUT2D eigenvalue weighted by molar-refractivity contribution is 6.30. The maximum absolute atomic E-state index is 13.1. The van der Waals surface area contributed by atoms with Crippen molar-refractivity contribution in [3.63, 3.8) is 0 Å². The first-order chi connectivity index (χ1) is 13.8. The fraction of sp³-hybridized carbons (Fsp3) is 0.286. The fourth-order valence-electron chi connectivity index (χ4n) is 2.77. The number of halogens is 2. The first-order valence-electron chi connectivity index (χ1n) is 8.92. The van der Waals surface area contributed by atoms with Crippen LogP contribution in [-0.2, 0) is 32.0 Å². The Bertz CT molecular complexity index is 856. The zero-order valence-corrected chi connectivity index (χ0v) is 16.8. The van der Waals surface area contributed by atoms with Gasteiger partial charge in [0.1, 0.15) is 17.9 Å². The van der Waals surface area contributed by atoms with Gasteiger partial charge in [-0.25, -0.2) is 9.18 Å². The van der Waals surface area contributed by atoms with Crippen molar-refractivity contribution in [2.24, 2.45) is 0 Å². The van der Waals surface area contributed by atoms with Crippen LogP contribution in [0.5, 0.6) is 0 Å². The van der Waals surface area contributed by atoms with Gasteiger partial charge in [0, 0.05) is 24.8 Å². The zero-order valence-electron chi connectivity index (χ0n) is 16.1. The molecule has 0 saturated carbocycles. The molecule has 6 nitrogen and oxygen atoms in total. The number of hydrogen-bond donors (Lipinski definition) is 2. The Balaban J connectivity index is 2.15. The van der Waals surface area contributed by atoms with E-state index in [2.05, 4.69) is 10.6 Å². The third-order valence-corrected chi connectivity index (χ3v) is 4.45. The Morgan fingerprint density at radius 1 is 0.931 bits per heavy atom. The summed E-state index contributed by atoms with van der Waals surface area (Å²) < 4.78 is 17.9. The van der Waals surface area contributed by atoms with Crippen LogP contribution in [0, 0.1) is 5.82 Å². The molecule has 0 saturated heterocycles. The number of rotatable bonds is 8. The first-order valence-corrected chi connectivity index (χ1v) is 9.30. The second-order valence-electron chi connectivity index (χ2n) is 6.50. The molecule has 0 bridgehead atoms. The molecule has 0 radical (unpaired) electrons. The lowest BCUT2D eigenvalue weighted by Gasteiger charge is -2.22. The average Bonchev–Trinajstić information content (AvgIpc) is 2.69. The second-order valence-corrected chi connectivity index (χ2v) is 6.94. The molecule has 154 valence electrons. The van der Waals surface area contributed by atoms with Crippen LogP contribution in [0.4, 0.5) is 4.39 Å². The number of esters is 1. The van der Waals surface area contributed by atoms with Crippen LogP contribution >= 0.6 is 11.6 Å². The molecule has 0 fully saturated rings. The van der Waals surface area contributed by atoms with Crippen LogP contribution in [0.2, 0.25) is 5.02 Å². The molecule has 0 spiro atoms. The number of hydrogen-bond acceptors (Lipinski definition) is 4. The van der Waals surface area contributed by atoms with Gasteiger partial charge in [0.15, 0.2) is 0 Å². The second kappa shape index (κ2) is 10.6. The van der Waals surface area contributed by atoms with Gasteiger partial charge in [-0.2, -0.15) is 0 Å². The highest BCUT2D eigenvalue weighted by Gasteiger charge is 2.27. The van der Waals surface area contributed by atoms with E-state index in [1.807, 2.05) is 0 Å². The molecule has 0 aliphatic carbocycles. The summed E-state index contributed by atoms with van der Waals surface area (Å²) in [5, 5.41) is 5.75. The normalized spacial score (nSPS) is 12.6. The lowest BCUT2D eigenvalue weighted by atomic mass is 10.0. The van der Waals surface area contributed by atoms with E-state index in [0.29, 0.717) is 10.6 Å². The number of nitrogens with one attached hydrogen (secondary N) is 2. The molecule has 2 N–H and O–H groups in total. The third kappa shape index (κ3) is 7.19. The largest absolute Gasteiger partial charge is 0.467 e. The Morgan fingerprint density at radius 2 is 1.45 bits per heavy atom. The van der Waals surface area contributed by atoms with E-state index in [-0.39, 0.29) is 12.8 Å². The van der Waals surface area contributed by atoms with E-state index >= 15 is 0 Å². The maximum Gasteiger partial charge on any atom is 0.328 e. The summed E-state index contributed by atoms with van der Waals surface area (Å²) in [5.74, 6) is -1.96. The van der Waals surface area contributed by atoms with E-state index in [9.17, 15) is 18.8 Å². The van der Waals surface area contributed by atoms with Crippen molar-refractivity contribution in [2.45, 2.75) is 31.8 Å². The van der Waals surface area contributed by atoms with Crippen molar-refractivity contribution in [1.29, 1.82) is 0 Å². The lowest BCUT2D eigenvalue weighted by Crippen LogP contribution is -2.53. The van der Waals surface area contributed by atoms with Crippen molar-refractivity contribution in [3.8, 4) is 0 Å². The molecule has 0 aromatic heterocycles. The molecule has 2 aromatic rings. The molecular weight excluding hydrogens is 399 g/mol. The zero-order chi connectivity index (χ0) is 21.4. The van der Waals surface area contributed by atoms with Gasteiger partial charge in [0.05, 0.1) is 7.11 Å². The molecule has 0 aliphatic rings. The third-order valence-electron chi connectivity index (χ3n) is 4.20. The summed E-state index contributed by atoms with van der Waals surface area (Å²) in [6.07, 6.45) is 0.333. The minimum atomic E-state index is -0.946. The topological polar surface area (TPSA) is 84.5 Å². The Hall–Kier alpha value is -2.93. The molecule has 0 aliphatic heterocycles. The predicted molar refractivity (Wildman–Crippen MR) is 107 cm³/mol. The number of methoxy groups -OCH3 is 1. The van der Waals surface area contributed by atoms with Crippen LogP contribution in [0.3, 0.4) is 0 Å². The smallest absolute Gasteiger partial charge is 0.328 e. The Labute approximate surface area is 173 Å². The van der Waals surface area contributed by atoms with Crippen LogP contribution in [-0.4, -0.2) is 37.0 Å². The van der Waals surface area contributed by atoms with E-state index in [1.165, 1.54) is 38.3 Å². The van der Waals surface area contributed by atoms with Gasteiger partial charge in [0.25, 0.3) is 0 Å². The lowest BCUT2D eigenvalue weighted by molar-refractivity contribution is -0.145. The number of benzene rings is 2. The number of ether oxygens (including phenoxy) is 1. The minimum Gasteiger partial charge on any atom is -0.467 e. The first kappa shape index (κ1) is 22.4. The SMILES string of the molecule is COC(=O)[C@@H](Cc1ccc(Cl)cc1)NC(=O)[C@H](Cc1ccc(F)cc1)NC(C)=O. The molecule has 2 aromatic carbocycles. The molecule has 29 heavy (non-hydrogen) atoms. The Kier molecular flexibility index (Phi) is 8.15.